The highest BCUT2D eigenvalue weighted by Gasteiger charge is 2.47. The fourth-order valence-electron chi connectivity index (χ4n) is 2.77. The van der Waals surface area contributed by atoms with Crippen molar-refractivity contribution in [2.75, 3.05) is 32.9 Å². The maximum atomic E-state index is 12.1. The van der Waals surface area contributed by atoms with E-state index in [4.69, 9.17) is 15.2 Å². The predicted octanol–water partition coefficient (Wildman–Crippen LogP) is -0.107. The van der Waals surface area contributed by atoms with E-state index in [0.717, 1.165) is 12.8 Å². The minimum atomic E-state index is -0.324. The standard InChI is InChI=1S/C12H22N2O3/c1-9-4-12(5-9,8-13)11(15)14-6-10-7-16-2-3-17-10/h9-10H,2-8,13H2,1H3,(H,14,15). The summed E-state index contributed by atoms with van der Waals surface area (Å²) in [6.45, 7) is 4.93. The summed E-state index contributed by atoms with van der Waals surface area (Å²) in [5.41, 5.74) is 5.40. The molecule has 1 atom stereocenters. The Bertz CT molecular complexity index is 271. The van der Waals surface area contributed by atoms with Gasteiger partial charge in [-0.2, -0.15) is 0 Å². The van der Waals surface area contributed by atoms with E-state index in [1.54, 1.807) is 0 Å². The molecule has 17 heavy (non-hydrogen) atoms. The molecule has 0 spiro atoms. The summed E-state index contributed by atoms with van der Waals surface area (Å²) in [5, 5.41) is 2.94. The molecule has 5 nitrogen and oxygen atoms in total. The normalized spacial score (nSPS) is 37.3. The maximum absolute atomic E-state index is 12.1. The number of carbonyl (C=O) groups excluding carboxylic acids is 1. The predicted molar refractivity (Wildman–Crippen MR) is 63.5 cm³/mol. The van der Waals surface area contributed by atoms with Crippen molar-refractivity contribution >= 4 is 5.91 Å². The fraction of sp³-hybridized carbons (Fsp3) is 0.917. The number of rotatable bonds is 4. The van der Waals surface area contributed by atoms with Crippen LogP contribution in [0.3, 0.4) is 0 Å². The van der Waals surface area contributed by atoms with Gasteiger partial charge >= 0.3 is 0 Å². The first kappa shape index (κ1) is 12.8. The molecule has 0 aromatic heterocycles. The van der Waals surface area contributed by atoms with Gasteiger partial charge in [0.1, 0.15) is 0 Å². The molecular weight excluding hydrogens is 220 g/mol. The summed E-state index contributed by atoms with van der Waals surface area (Å²) in [7, 11) is 0. The lowest BCUT2D eigenvalue weighted by Gasteiger charge is -2.44. The summed E-state index contributed by atoms with van der Waals surface area (Å²) in [6.07, 6.45) is 1.79. The molecule has 0 bridgehead atoms. The van der Waals surface area contributed by atoms with E-state index in [1.807, 2.05) is 0 Å². The molecule has 1 unspecified atom stereocenters. The first-order valence-electron chi connectivity index (χ1n) is 6.34. The van der Waals surface area contributed by atoms with Crippen molar-refractivity contribution in [3.05, 3.63) is 0 Å². The second-order valence-electron chi connectivity index (χ2n) is 5.28. The Hall–Kier alpha value is -0.650. The summed E-state index contributed by atoms with van der Waals surface area (Å²) in [4.78, 5) is 12.1. The van der Waals surface area contributed by atoms with Gasteiger partial charge in [-0.25, -0.2) is 0 Å². The van der Waals surface area contributed by atoms with Gasteiger partial charge < -0.3 is 20.5 Å². The largest absolute Gasteiger partial charge is 0.376 e. The molecule has 1 saturated carbocycles. The SMILES string of the molecule is CC1CC(CN)(C(=O)NCC2COCCO2)C1. The lowest BCUT2D eigenvalue weighted by atomic mass is 9.62. The Morgan fingerprint density at radius 3 is 2.76 bits per heavy atom. The molecule has 5 heteroatoms. The summed E-state index contributed by atoms with van der Waals surface area (Å²) in [5.74, 6) is 0.686. The van der Waals surface area contributed by atoms with Crippen LogP contribution in [0.2, 0.25) is 0 Å². The Kier molecular flexibility index (Phi) is 4.01. The van der Waals surface area contributed by atoms with Crippen LogP contribution in [0.5, 0.6) is 0 Å². The zero-order valence-electron chi connectivity index (χ0n) is 10.4. The van der Waals surface area contributed by atoms with Crippen LogP contribution >= 0.6 is 0 Å². The summed E-state index contributed by atoms with van der Waals surface area (Å²) in [6, 6.07) is 0. The Morgan fingerprint density at radius 2 is 2.24 bits per heavy atom. The van der Waals surface area contributed by atoms with Crippen molar-refractivity contribution in [2.24, 2.45) is 17.1 Å². The van der Waals surface area contributed by atoms with E-state index >= 15 is 0 Å². The molecule has 2 fully saturated rings. The second kappa shape index (κ2) is 5.33. The summed E-state index contributed by atoms with van der Waals surface area (Å²) < 4.78 is 10.8. The van der Waals surface area contributed by atoms with Crippen molar-refractivity contribution in [3.8, 4) is 0 Å². The third-order valence-corrected chi connectivity index (χ3v) is 3.73. The Morgan fingerprint density at radius 1 is 1.47 bits per heavy atom. The molecule has 0 aromatic rings. The van der Waals surface area contributed by atoms with Crippen molar-refractivity contribution in [3.63, 3.8) is 0 Å². The molecule has 0 radical (unpaired) electrons. The molecule has 98 valence electrons. The van der Waals surface area contributed by atoms with Gasteiger partial charge in [0.2, 0.25) is 5.91 Å². The van der Waals surface area contributed by atoms with Gasteiger partial charge in [0.25, 0.3) is 0 Å². The van der Waals surface area contributed by atoms with Gasteiger partial charge in [-0.15, -0.1) is 0 Å². The van der Waals surface area contributed by atoms with Crippen LogP contribution in [0.15, 0.2) is 0 Å². The van der Waals surface area contributed by atoms with Crippen molar-refractivity contribution in [1.82, 2.24) is 5.32 Å². The number of amides is 1. The highest BCUT2D eigenvalue weighted by atomic mass is 16.6. The molecule has 1 amide bonds. The molecule has 1 aliphatic heterocycles. The van der Waals surface area contributed by atoms with Crippen LogP contribution in [-0.2, 0) is 14.3 Å². The van der Waals surface area contributed by atoms with Crippen molar-refractivity contribution in [1.29, 1.82) is 0 Å². The minimum Gasteiger partial charge on any atom is -0.376 e. The smallest absolute Gasteiger partial charge is 0.227 e. The van der Waals surface area contributed by atoms with E-state index < -0.39 is 0 Å². The lowest BCUT2D eigenvalue weighted by Crippen LogP contribution is -2.55. The third-order valence-electron chi connectivity index (χ3n) is 3.73. The summed E-state index contributed by atoms with van der Waals surface area (Å²) >= 11 is 0. The van der Waals surface area contributed by atoms with Gasteiger partial charge in [0.05, 0.1) is 31.3 Å². The number of nitrogens with two attached hydrogens (primary N) is 1. The monoisotopic (exact) mass is 242 g/mol. The average molecular weight is 242 g/mol. The molecule has 3 N–H and O–H groups in total. The van der Waals surface area contributed by atoms with E-state index in [2.05, 4.69) is 12.2 Å². The van der Waals surface area contributed by atoms with Crippen LogP contribution < -0.4 is 11.1 Å². The zero-order valence-corrected chi connectivity index (χ0v) is 10.4. The van der Waals surface area contributed by atoms with Crippen LogP contribution in [0, 0.1) is 11.3 Å². The molecule has 1 saturated heterocycles. The highest BCUT2D eigenvalue weighted by Crippen LogP contribution is 2.44. The second-order valence-corrected chi connectivity index (χ2v) is 5.28. The lowest BCUT2D eigenvalue weighted by molar-refractivity contribution is -0.140. The molecular formula is C12H22N2O3. The number of ether oxygens (including phenoxy) is 2. The van der Waals surface area contributed by atoms with Crippen LogP contribution in [-0.4, -0.2) is 44.9 Å². The topological polar surface area (TPSA) is 73.6 Å². The Labute approximate surface area is 102 Å². The first-order chi connectivity index (χ1) is 8.16. The van der Waals surface area contributed by atoms with E-state index in [0.29, 0.717) is 38.8 Å². The van der Waals surface area contributed by atoms with E-state index in [1.165, 1.54) is 0 Å². The number of carbonyl (C=O) groups is 1. The number of nitrogens with one attached hydrogen (secondary N) is 1. The molecule has 0 aromatic carbocycles. The molecule has 1 heterocycles. The third kappa shape index (κ3) is 2.78. The first-order valence-corrected chi connectivity index (χ1v) is 6.34. The molecule has 2 rings (SSSR count). The molecule has 1 aliphatic carbocycles. The van der Waals surface area contributed by atoms with Crippen molar-refractivity contribution < 1.29 is 14.3 Å². The van der Waals surface area contributed by atoms with Gasteiger partial charge in [-0.3, -0.25) is 4.79 Å². The Balaban J connectivity index is 1.76. The quantitative estimate of drug-likeness (QED) is 0.721. The number of hydrogen-bond acceptors (Lipinski definition) is 4. The van der Waals surface area contributed by atoms with Crippen LogP contribution in [0.1, 0.15) is 19.8 Å². The van der Waals surface area contributed by atoms with Gasteiger partial charge in [-0.05, 0) is 18.8 Å². The van der Waals surface area contributed by atoms with Crippen molar-refractivity contribution in [2.45, 2.75) is 25.9 Å². The van der Waals surface area contributed by atoms with E-state index in [9.17, 15) is 4.79 Å². The van der Waals surface area contributed by atoms with Crippen LogP contribution in [0.4, 0.5) is 0 Å². The van der Waals surface area contributed by atoms with Crippen LogP contribution in [0.25, 0.3) is 0 Å². The van der Waals surface area contributed by atoms with Gasteiger partial charge in [0, 0.05) is 13.1 Å². The maximum Gasteiger partial charge on any atom is 0.227 e. The van der Waals surface area contributed by atoms with Gasteiger partial charge in [-0.1, -0.05) is 6.92 Å². The fourth-order valence-corrected chi connectivity index (χ4v) is 2.77. The minimum absolute atomic E-state index is 0.0139. The average Bonchev–Trinajstić information content (AvgIpc) is 2.33. The molecule has 2 aliphatic rings. The highest BCUT2D eigenvalue weighted by molar-refractivity contribution is 5.84. The zero-order chi connectivity index (χ0) is 12.3. The number of hydrogen-bond donors (Lipinski definition) is 2. The van der Waals surface area contributed by atoms with E-state index in [-0.39, 0.29) is 17.4 Å². The van der Waals surface area contributed by atoms with Gasteiger partial charge in [0.15, 0.2) is 0 Å².